The molecule has 0 saturated heterocycles. The Bertz CT molecular complexity index is 1150. The van der Waals surface area contributed by atoms with Crippen molar-refractivity contribution >= 4 is 17.7 Å². The van der Waals surface area contributed by atoms with Gasteiger partial charge in [-0.2, -0.15) is 0 Å². The first-order chi connectivity index (χ1) is 15.4. The molecule has 2 saturated carbocycles. The van der Waals surface area contributed by atoms with Crippen LogP contribution < -0.4 is 0 Å². The Labute approximate surface area is 193 Å². The third-order valence-corrected chi connectivity index (χ3v) is 7.43. The maximum Gasteiger partial charge on any atom is 0.233 e. The van der Waals surface area contributed by atoms with Crippen LogP contribution in [0.15, 0.2) is 39.9 Å². The van der Waals surface area contributed by atoms with Gasteiger partial charge in [-0.05, 0) is 75.3 Å². The van der Waals surface area contributed by atoms with Crippen molar-refractivity contribution in [2.45, 2.75) is 70.6 Å². The molecule has 3 aromatic rings. The third-order valence-electron chi connectivity index (χ3n) is 6.52. The van der Waals surface area contributed by atoms with E-state index in [-0.39, 0.29) is 5.91 Å². The van der Waals surface area contributed by atoms with Crippen LogP contribution in [-0.4, -0.2) is 37.4 Å². The quantitative estimate of drug-likeness (QED) is 0.442. The SMILES string of the molecule is Cc1ccc(C)c(-n2c(C)nnc2SCC(=O)N(Cc2ccc(C3CC3C)o2)C2CC2)c1. The van der Waals surface area contributed by atoms with Crippen LogP contribution in [0.2, 0.25) is 0 Å². The Kier molecular flexibility index (Phi) is 5.61. The number of hydrogen-bond acceptors (Lipinski definition) is 5. The molecule has 2 unspecified atom stereocenters. The zero-order valence-corrected chi connectivity index (χ0v) is 20.0. The number of carbonyl (C=O) groups is 1. The maximum absolute atomic E-state index is 13.2. The van der Waals surface area contributed by atoms with Crippen LogP contribution in [0.5, 0.6) is 0 Å². The zero-order valence-electron chi connectivity index (χ0n) is 19.2. The molecule has 0 bridgehead atoms. The van der Waals surface area contributed by atoms with Crippen LogP contribution in [0.3, 0.4) is 0 Å². The summed E-state index contributed by atoms with van der Waals surface area (Å²) in [5, 5.41) is 9.40. The highest BCUT2D eigenvalue weighted by molar-refractivity contribution is 7.99. The lowest BCUT2D eigenvalue weighted by Gasteiger charge is -2.21. The molecule has 7 heteroatoms. The predicted octanol–water partition coefficient (Wildman–Crippen LogP) is 5.19. The lowest BCUT2D eigenvalue weighted by Crippen LogP contribution is -2.33. The monoisotopic (exact) mass is 450 g/mol. The van der Waals surface area contributed by atoms with Crippen molar-refractivity contribution in [3.8, 4) is 5.69 Å². The lowest BCUT2D eigenvalue weighted by atomic mass is 10.1. The zero-order chi connectivity index (χ0) is 22.4. The fraction of sp³-hybridized carbons (Fsp3) is 0.480. The van der Waals surface area contributed by atoms with Gasteiger partial charge < -0.3 is 9.32 Å². The Balaban J connectivity index is 1.28. The Morgan fingerprint density at radius 1 is 1.19 bits per heavy atom. The molecule has 0 aliphatic heterocycles. The molecule has 0 radical (unpaired) electrons. The minimum absolute atomic E-state index is 0.128. The average Bonchev–Trinajstić information content (AvgIpc) is 3.66. The Hall–Kier alpha value is -2.54. The third kappa shape index (κ3) is 4.35. The van der Waals surface area contributed by atoms with Gasteiger partial charge >= 0.3 is 0 Å². The van der Waals surface area contributed by atoms with Gasteiger partial charge in [0.1, 0.15) is 17.3 Å². The normalized spacial score (nSPS) is 19.9. The first-order valence-electron chi connectivity index (χ1n) is 11.4. The first kappa shape index (κ1) is 21.3. The summed E-state index contributed by atoms with van der Waals surface area (Å²) < 4.78 is 8.13. The molecular formula is C25H30N4O2S. The van der Waals surface area contributed by atoms with E-state index < -0.39 is 0 Å². The second-order valence-electron chi connectivity index (χ2n) is 9.32. The topological polar surface area (TPSA) is 64.2 Å². The van der Waals surface area contributed by atoms with E-state index in [0.717, 1.165) is 46.6 Å². The van der Waals surface area contributed by atoms with E-state index in [0.29, 0.717) is 30.2 Å². The molecule has 1 aromatic carbocycles. The van der Waals surface area contributed by atoms with Gasteiger partial charge in [0, 0.05) is 12.0 Å². The molecule has 2 aliphatic carbocycles. The van der Waals surface area contributed by atoms with Gasteiger partial charge in [0.05, 0.1) is 18.0 Å². The fourth-order valence-corrected chi connectivity index (χ4v) is 5.13. The van der Waals surface area contributed by atoms with Crippen LogP contribution in [0.4, 0.5) is 0 Å². The summed E-state index contributed by atoms with van der Waals surface area (Å²) in [4.78, 5) is 15.2. The van der Waals surface area contributed by atoms with Crippen molar-refractivity contribution in [3.63, 3.8) is 0 Å². The van der Waals surface area contributed by atoms with Gasteiger partial charge in [0.2, 0.25) is 5.91 Å². The fourth-order valence-electron chi connectivity index (χ4n) is 4.26. The van der Waals surface area contributed by atoms with Gasteiger partial charge in [0.25, 0.3) is 0 Å². The molecule has 168 valence electrons. The highest BCUT2D eigenvalue weighted by Gasteiger charge is 2.37. The maximum atomic E-state index is 13.2. The van der Waals surface area contributed by atoms with E-state index in [4.69, 9.17) is 4.42 Å². The number of carbonyl (C=O) groups excluding carboxylic acids is 1. The number of aromatic nitrogens is 3. The summed E-state index contributed by atoms with van der Waals surface area (Å²) in [6, 6.07) is 10.8. The number of amides is 1. The summed E-state index contributed by atoms with van der Waals surface area (Å²) in [5.41, 5.74) is 3.41. The van der Waals surface area contributed by atoms with Gasteiger partial charge in [-0.3, -0.25) is 9.36 Å². The van der Waals surface area contributed by atoms with E-state index in [1.165, 1.54) is 23.7 Å². The van der Waals surface area contributed by atoms with Crippen molar-refractivity contribution in [1.82, 2.24) is 19.7 Å². The summed E-state index contributed by atoms with van der Waals surface area (Å²) >= 11 is 1.46. The molecule has 2 atom stereocenters. The number of aryl methyl sites for hydroxylation is 3. The van der Waals surface area contributed by atoms with Gasteiger partial charge in [-0.25, -0.2) is 0 Å². The lowest BCUT2D eigenvalue weighted by molar-refractivity contribution is -0.129. The van der Waals surface area contributed by atoms with Crippen LogP contribution in [-0.2, 0) is 11.3 Å². The molecule has 1 amide bonds. The van der Waals surface area contributed by atoms with Crippen LogP contribution >= 0.6 is 11.8 Å². The number of benzene rings is 1. The molecule has 32 heavy (non-hydrogen) atoms. The summed E-state index contributed by atoms with van der Waals surface area (Å²) in [5.74, 6) is 4.52. The number of thioether (sulfide) groups is 1. The summed E-state index contributed by atoms with van der Waals surface area (Å²) in [7, 11) is 0. The second kappa shape index (κ2) is 8.43. The minimum Gasteiger partial charge on any atom is -0.464 e. The first-order valence-corrected chi connectivity index (χ1v) is 12.4. The summed E-state index contributed by atoms with van der Waals surface area (Å²) in [6.45, 7) is 8.92. The molecule has 2 fully saturated rings. The highest BCUT2D eigenvalue weighted by atomic mass is 32.2. The molecule has 6 nitrogen and oxygen atoms in total. The molecule has 2 aromatic heterocycles. The van der Waals surface area contributed by atoms with Crippen LogP contribution in [0, 0.1) is 26.7 Å². The molecule has 5 rings (SSSR count). The largest absolute Gasteiger partial charge is 0.464 e. The molecule has 2 heterocycles. The Morgan fingerprint density at radius 3 is 2.69 bits per heavy atom. The number of furan rings is 1. The van der Waals surface area contributed by atoms with Gasteiger partial charge in [-0.15, -0.1) is 10.2 Å². The standard InChI is InChI=1S/C25H30N4O2S/c1-15-5-6-16(2)22(11-15)29-18(4)26-27-25(29)32-14-24(30)28(19-7-8-19)13-20-9-10-23(31-20)21-12-17(21)3/h5-6,9-11,17,19,21H,7-8,12-14H2,1-4H3. The van der Waals surface area contributed by atoms with Crippen LogP contribution in [0.25, 0.3) is 5.69 Å². The van der Waals surface area contributed by atoms with Crippen molar-refractivity contribution < 1.29 is 9.21 Å². The van der Waals surface area contributed by atoms with Gasteiger partial charge in [0.15, 0.2) is 5.16 Å². The second-order valence-corrected chi connectivity index (χ2v) is 10.3. The van der Waals surface area contributed by atoms with E-state index >= 15 is 0 Å². The highest BCUT2D eigenvalue weighted by Crippen LogP contribution is 2.47. The number of hydrogen-bond donors (Lipinski definition) is 0. The smallest absolute Gasteiger partial charge is 0.233 e. The molecule has 2 aliphatic rings. The number of nitrogens with zero attached hydrogens (tertiary/aromatic N) is 4. The van der Waals surface area contributed by atoms with E-state index in [1.807, 2.05) is 17.9 Å². The van der Waals surface area contributed by atoms with Crippen molar-refractivity contribution in [1.29, 1.82) is 0 Å². The van der Waals surface area contributed by atoms with E-state index in [2.05, 4.69) is 59.8 Å². The van der Waals surface area contributed by atoms with Gasteiger partial charge in [-0.1, -0.05) is 30.8 Å². The average molecular weight is 451 g/mol. The number of rotatable bonds is 8. The predicted molar refractivity (Wildman–Crippen MR) is 125 cm³/mol. The van der Waals surface area contributed by atoms with E-state index in [9.17, 15) is 4.79 Å². The molecule has 0 spiro atoms. The minimum atomic E-state index is 0.128. The summed E-state index contributed by atoms with van der Waals surface area (Å²) in [6.07, 6.45) is 3.35. The molecular weight excluding hydrogens is 420 g/mol. The van der Waals surface area contributed by atoms with Crippen molar-refractivity contribution in [2.75, 3.05) is 5.75 Å². The Morgan fingerprint density at radius 2 is 1.97 bits per heavy atom. The van der Waals surface area contributed by atoms with Crippen molar-refractivity contribution in [2.24, 2.45) is 5.92 Å². The van der Waals surface area contributed by atoms with Crippen molar-refractivity contribution in [3.05, 3.63) is 58.8 Å². The molecule has 0 N–H and O–H groups in total. The van der Waals surface area contributed by atoms with Crippen LogP contribution in [0.1, 0.15) is 60.6 Å². The van der Waals surface area contributed by atoms with E-state index in [1.54, 1.807) is 0 Å².